The van der Waals surface area contributed by atoms with Crippen LogP contribution in [0.4, 0.5) is 18.9 Å². The minimum Gasteiger partial charge on any atom is -0.494 e. The van der Waals surface area contributed by atoms with Crippen LogP contribution in [0.5, 0.6) is 5.75 Å². The van der Waals surface area contributed by atoms with Gasteiger partial charge in [-0.1, -0.05) is 30.0 Å². The molecule has 0 radical (unpaired) electrons. The van der Waals surface area contributed by atoms with Crippen molar-refractivity contribution in [1.29, 1.82) is 0 Å². The monoisotopic (exact) mass is 384 g/mol. The molecule has 0 unspecified atom stereocenters. The highest BCUT2D eigenvalue weighted by atomic mass is 32.2. The lowest BCUT2D eigenvalue weighted by atomic mass is 10.2. The first-order chi connectivity index (χ1) is 12.4. The number of nitrogens with one attached hydrogen (secondary N) is 1. The Kier molecular flexibility index (Phi) is 7.35. The Morgan fingerprint density at radius 3 is 2.65 bits per heavy atom. The first kappa shape index (κ1) is 20.1. The van der Waals surface area contributed by atoms with Crippen molar-refractivity contribution < 1.29 is 22.7 Å². The number of thioether (sulfide) groups is 1. The van der Waals surface area contributed by atoms with Crippen molar-refractivity contribution in [3.8, 4) is 5.75 Å². The zero-order valence-corrected chi connectivity index (χ0v) is 15.2. The third-order valence-corrected chi connectivity index (χ3v) is 4.25. The second-order valence-electron chi connectivity index (χ2n) is 5.56. The number of methoxy groups -OCH3 is 1. The summed E-state index contributed by atoms with van der Waals surface area (Å²) in [6, 6.07) is 11.0. The Labute approximate surface area is 154 Å². The second-order valence-corrected chi connectivity index (χ2v) is 6.60. The number of alkyl halides is 2. The quantitative estimate of drug-likeness (QED) is 0.692. The van der Waals surface area contributed by atoms with Crippen molar-refractivity contribution in [1.82, 2.24) is 4.90 Å². The molecule has 0 fully saturated rings. The number of para-hydroxylation sites is 1. The van der Waals surface area contributed by atoms with E-state index in [1.165, 1.54) is 25.3 Å². The van der Waals surface area contributed by atoms with E-state index in [4.69, 9.17) is 4.74 Å². The summed E-state index contributed by atoms with van der Waals surface area (Å²) in [6.07, 6.45) is 0. The Bertz CT molecular complexity index is 759. The zero-order valence-electron chi connectivity index (χ0n) is 14.3. The zero-order chi connectivity index (χ0) is 19.1. The molecule has 0 heterocycles. The van der Waals surface area contributed by atoms with Gasteiger partial charge < -0.3 is 10.1 Å². The van der Waals surface area contributed by atoms with E-state index in [1.54, 1.807) is 36.2 Å². The third-order valence-electron chi connectivity index (χ3n) is 3.46. The molecule has 0 aromatic heterocycles. The topological polar surface area (TPSA) is 41.6 Å². The normalized spacial score (nSPS) is 11.0. The molecule has 26 heavy (non-hydrogen) atoms. The van der Waals surface area contributed by atoms with E-state index >= 15 is 0 Å². The molecule has 0 atom stereocenters. The van der Waals surface area contributed by atoms with Gasteiger partial charge in [0, 0.05) is 11.4 Å². The largest absolute Gasteiger partial charge is 0.494 e. The number of ether oxygens (including phenoxy) is 1. The third kappa shape index (κ3) is 5.96. The number of likely N-dealkylation sites (N-methyl/N-ethyl adjacent to an activating group) is 1. The number of hydrogen-bond acceptors (Lipinski definition) is 4. The number of carbonyl (C=O) groups excluding carboxylic acids is 1. The van der Waals surface area contributed by atoms with Crippen molar-refractivity contribution in [2.75, 3.05) is 26.0 Å². The molecule has 0 aliphatic heterocycles. The van der Waals surface area contributed by atoms with Crippen LogP contribution in [0, 0.1) is 5.82 Å². The highest BCUT2D eigenvalue weighted by molar-refractivity contribution is 7.99. The molecule has 2 aromatic carbocycles. The van der Waals surface area contributed by atoms with Crippen molar-refractivity contribution >= 4 is 23.4 Å². The Hall–Kier alpha value is -2.19. The average Bonchev–Trinajstić information content (AvgIpc) is 2.56. The van der Waals surface area contributed by atoms with Gasteiger partial charge in [0.25, 0.3) is 5.76 Å². The van der Waals surface area contributed by atoms with E-state index in [0.717, 1.165) is 0 Å². The molecular weight excluding hydrogens is 365 g/mol. The van der Waals surface area contributed by atoms with Gasteiger partial charge in [-0.05, 0) is 36.9 Å². The van der Waals surface area contributed by atoms with Crippen molar-refractivity contribution in [2.24, 2.45) is 0 Å². The van der Waals surface area contributed by atoms with Crippen molar-refractivity contribution in [3.63, 3.8) is 0 Å². The lowest BCUT2D eigenvalue weighted by molar-refractivity contribution is -0.117. The van der Waals surface area contributed by atoms with Gasteiger partial charge in [-0.15, -0.1) is 0 Å². The van der Waals surface area contributed by atoms with E-state index in [9.17, 15) is 18.0 Å². The SMILES string of the molecule is COc1ccc(CN(C)CC(=O)Nc2ccccc2SC(F)F)cc1F. The van der Waals surface area contributed by atoms with Crippen molar-refractivity contribution in [2.45, 2.75) is 17.2 Å². The summed E-state index contributed by atoms with van der Waals surface area (Å²) < 4.78 is 43.7. The van der Waals surface area contributed by atoms with Gasteiger partial charge in [-0.3, -0.25) is 9.69 Å². The Morgan fingerprint density at radius 1 is 1.27 bits per heavy atom. The van der Waals surface area contributed by atoms with Crippen LogP contribution in [-0.4, -0.2) is 37.3 Å². The molecular formula is C18H19F3N2O2S. The maximum atomic E-state index is 13.7. The van der Waals surface area contributed by atoms with Gasteiger partial charge in [0.1, 0.15) is 0 Å². The molecule has 0 spiro atoms. The van der Waals surface area contributed by atoms with Gasteiger partial charge in [-0.25, -0.2) is 4.39 Å². The molecule has 2 aromatic rings. The van der Waals surface area contributed by atoms with E-state index in [0.29, 0.717) is 34.5 Å². The lowest BCUT2D eigenvalue weighted by Gasteiger charge is -2.17. The van der Waals surface area contributed by atoms with Gasteiger partial charge in [-0.2, -0.15) is 8.78 Å². The van der Waals surface area contributed by atoms with Crippen LogP contribution in [0.15, 0.2) is 47.4 Å². The summed E-state index contributed by atoms with van der Waals surface area (Å²) in [5.74, 6) is -3.23. The summed E-state index contributed by atoms with van der Waals surface area (Å²) in [6.45, 7) is 0.378. The van der Waals surface area contributed by atoms with Crippen LogP contribution in [0.3, 0.4) is 0 Å². The average molecular weight is 384 g/mol. The number of hydrogen-bond donors (Lipinski definition) is 1. The molecule has 8 heteroatoms. The predicted molar refractivity (Wildman–Crippen MR) is 96.2 cm³/mol. The van der Waals surface area contributed by atoms with Gasteiger partial charge >= 0.3 is 0 Å². The molecule has 0 saturated heterocycles. The van der Waals surface area contributed by atoms with Crippen LogP contribution < -0.4 is 10.1 Å². The molecule has 1 amide bonds. The minimum atomic E-state index is -2.57. The number of amides is 1. The minimum absolute atomic E-state index is 0.0291. The number of rotatable bonds is 8. The second kappa shape index (κ2) is 9.49. The summed E-state index contributed by atoms with van der Waals surface area (Å²) in [5, 5.41) is 2.63. The van der Waals surface area contributed by atoms with Gasteiger partial charge in [0.2, 0.25) is 5.91 Å². The van der Waals surface area contributed by atoms with Crippen LogP contribution in [-0.2, 0) is 11.3 Å². The molecule has 140 valence electrons. The Balaban J connectivity index is 1.94. The standard InChI is InChI=1S/C18H19F3N2O2S/c1-23(10-12-7-8-15(25-2)13(19)9-12)11-17(24)22-14-5-3-4-6-16(14)26-18(20)21/h3-9,18H,10-11H2,1-2H3,(H,22,24). The fourth-order valence-electron chi connectivity index (χ4n) is 2.38. The fraction of sp³-hybridized carbons (Fsp3) is 0.278. The van der Waals surface area contributed by atoms with Crippen LogP contribution in [0.1, 0.15) is 5.56 Å². The summed E-state index contributed by atoms with van der Waals surface area (Å²) in [4.78, 5) is 14.2. The highest BCUT2D eigenvalue weighted by Crippen LogP contribution is 2.31. The summed E-state index contributed by atoms with van der Waals surface area (Å²) >= 11 is 0.378. The fourth-order valence-corrected chi connectivity index (χ4v) is 2.97. The number of nitrogens with zero attached hydrogens (tertiary/aromatic N) is 1. The molecule has 1 N–H and O–H groups in total. The Morgan fingerprint density at radius 2 is 2.00 bits per heavy atom. The number of halogens is 3. The molecule has 4 nitrogen and oxygen atoms in total. The molecule has 2 rings (SSSR count). The van der Waals surface area contributed by atoms with E-state index in [1.807, 2.05) is 0 Å². The van der Waals surface area contributed by atoms with Gasteiger partial charge in [0.05, 0.1) is 19.3 Å². The number of carbonyl (C=O) groups is 1. The number of anilines is 1. The maximum Gasteiger partial charge on any atom is 0.288 e. The van der Waals surface area contributed by atoms with E-state index < -0.39 is 11.6 Å². The summed E-state index contributed by atoms with van der Waals surface area (Å²) in [7, 11) is 3.10. The van der Waals surface area contributed by atoms with Crippen molar-refractivity contribution in [3.05, 3.63) is 53.8 Å². The highest BCUT2D eigenvalue weighted by Gasteiger charge is 2.13. The van der Waals surface area contributed by atoms with Crippen LogP contribution in [0.25, 0.3) is 0 Å². The summed E-state index contributed by atoms with van der Waals surface area (Å²) in [5.41, 5.74) is 1.03. The number of benzene rings is 2. The molecule has 0 bridgehead atoms. The smallest absolute Gasteiger partial charge is 0.288 e. The first-order valence-corrected chi connectivity index (χ1v) is 8.61. The molecule has 0 saturated carbocycles. The molecule has 0 aliphatic carbocycles. The van der Waals surface area contributed by atoms with Gasteiger partial charge in [0.15, 0.2) is 11.6 Å². The van der Waals surface area contributed by atoms with E-state index in [-0.39, 0.29) is 18.2 Å². The maximum absolute atomic E-state index is 13.7. The molecule has 0 aliphatic rings. The first-order valence-electron chi connectivity index (χ1n) is 7.73. The lowest BCUT2D eigenvalue weighted by Crippen LogP contribution is -2.30. The predicted octanol–water partition coefficient (Wildman–Crippen LogP) is 4.22. The van der Waals surface area contributed by atoms with Crippen LogP contribution in [0.2, 0.25) is 0 Å². The van der Waals surface area contributed by atoms with E-state index in [2.05, 4.69) is 5.32 Å². The van der Waals surface area contributed by atoms with Crippen LogP contribution >= 0.6 is 11.8 Å².